The Morgan fingerprint density at radius 3 is 2.50 bits per heavy atom. The normalized spacial score (nSPS) is 11.9. The first-order chi connectivity index (χ1) is 14.4. The molecule has 0 saturated heterocycles. The fourth-order valence-corrected chi connectivity index (χ4v) is 4.12. The Kier molecular flexibility index (Phi) is 6.79. The van der Waals surface area contributed by atoms with Crippen molar-refractivity contribution in [3.8, 4) is 22.7 Å². The molecule has 1 unspecified atom stereocenters. The summed E-state index contributed by atoms with van der Waals surface area (Å²) in [6, 6.07) is 16.6. The van der Waals surface area contributed by atoms with Crippen LogP contribution >= 0.6 is 11.8 Å². The SMILES string of the molecule is COc1cccc(-n2c(-c3ccccc3)cnc2SC(C(=O)NC(N)=O)C(C)C)c1. The summed E-state index contributed by atoms with van der Waals surface area (Å²) >= 11 is 1.29. The van der Waals surface area contributed by atoms with Crippen LogP contribution in [0.4, 0.5) is 4.79 Å². The molecule has 8 heteroatoms. The average molecular weight is 425 g/mol. The molecule has 0 bridgehead atoms. The third-order valence-corrected chi connectivity index (χ3v) is 5.96. The number of carbonyl (C=O) groups excluding carboxylic acids is 2. The molecule has 1 heterocycles. The first kappa shape index (κ1) is 21.4. The lowest BCUT2D eigenvalue weighted by Gasteiger charge is -2.20. The summed E-state index contributed by atoms with van der Waals surface area (Å²) in [5, 5.41) is 2.26. The van der Waals surface area contributed by atoms with Gasteiger partial charge in [0, 0.05) is 11.6 Å². The Morgan fingerprint density at radius 2 is 1.87 bits per heavy atom. The lowest BCUT2D eigenvalue weighted by molar-refractivity contribution is -0.120. The van der Waals surface area contributed by atoms with Crippen LogP contribution in [0.2, 0.25) is 0 Å². The summed E-state index contributed by atoms with van der Waals surface area (Å²) in [7, 11) is 1.61. The number of urea groups is 1. The minimum Gasteiger partial charge on any atom is -0.497 e. The van der Waals surface area contributed by atoms with Crippen LogP contribution in [-0.4, -0.2) is 33.8 Å². The number of nitrogens with two attached hydrogens (primary N) is 1. The highest BCUT2D eigenvalue weighted by Crippen LogP contribution is 2.34. The Labute approximate surface area is 179 Å². The van der Waals surface area contributed by atoms with E-state index in [1.165, 1.54) is 11.8 Å². The lowest BCUT2D eigenvalue weighted by Crippen LogP contribution is -2.42. The summed E-state index contributed by atoms with van der Waals surface area (Å²) in [5.74, 6) is 0.219. The topological polar surface area (TPSA) is 99.2 Å². The molecule has 7 nitrogen and oxygen atoms in total. The minimum atomic E-state index is -0.868. The molecule has 30 heavy (non-hydrogen) atoms. The van der Waals surface area contributed by atoms with E-state index in [1.54, 1.807) is 13.3 Å². The van der Waals surface area contributed by atoms with Gasteiger partial charge in [-0.2, -0.15) is 0 Å². The molecule has 3 rings (SSSR count). The van der Waals surface area contributed by atoms with Gasteiger partial charge < -0.3 is 10.5 Å². The van der Waals surface area contributed by atoms with Gasteiger partial charge in [-0.15, -0.1) is 0 Å². The van der Waals surface area contributed by atoms with Crippen LogP contribution in [-0.2, 0) is 4.79 Å². The van der Waals surface area contributed by atoms with Gasteiger partial charge in [-0.25, -0.2) is 9.78 Å². The predicted octanol–water partition coefficient (Wildman–Crippen LogP) is 3.86. The number of ether oxygens (including phenoxy) is 1. The number of nitrogens with one attached hydrogen (secondary N) is 1. The van der Waals surface area contributed by atoms with Crippen molar-refractivity contribution in [3.63, 3.8) is 0 Å². The number of thioether (sulfide) groups is 1. The highest BCUT2D eigenvalue weighted by Gasteiger charge is 2.27. The van der Waals surface area contributed by atoms with E-state index in [0.29, 0.717) is 10.9 Å². The number of amides is 3. The van der Waals surface area contributed by atoms with E-state index >= 15 is 0 Å². The maximum absolute atomic E-state index is 12.5. The maximum atomic E-state index is 12.5. The number of methoxy groups -OCH3 is 1. The van der Waals surface area contributed by atoms with Gasteiger partial charge in [-0.1, -0.05) is 62.0 Å². The van der Waals surface area contributed by atoms with Gasteiger partial charge in [0.1, 0.15) is 5.75 Å². The first-order valence-electron chi connectivity index (χ1n) is 9.45. The molecule has 0 aliphatic heterocycles. The second-order valence-electron chi connectivity index (χ2n) is 6.96. The molecule has 3 amide bonds. The Bertz CT molecular complexity index is 1030. The van der Waals surface area contributed by atoms with Gasteiger partial charge in [-0.05, 0) is 18.1 Å². The molecule has 0 aliphatic rings. The number of imidazole rings is 1. The number of primary amides is 1. The van der Waals surface area contributed by atoms with Crippen LogP contribution < -0.4 is 15.8 Å². The van der Waals surface area contributed by atoms with Crippen molar-refractivity contribution in [2.45, 2.75) is 24.3 Å². The number of imide groups is 1. The molecule has 156 valence electrons. The van der Waals surface area contributed by atoms with E-state index < -0.39 is 17.2 Å². The summed E-state index contributed by atoms with van der Waals surface area (Å²) in [6.45, 7) is 3.82. The van der Waals surface area contributed by atoms with E-state index in [2.05, 4.69) is 10.3 Å². The van der Waals surface area contributed by atoms with Gasteiger partial charge in [0.15, 0.2) is 5.16 Å². The maximum Gasteiger partial charge on any atom is 0.318 e. The second kappa shape index (κ2) is 9.49. The Balaban J connectivity index is 2.09. The number of rotatable bonds is 7. The van der Waals surface area contributed by atoms with Crippen molar-refractivity contribution in [3.05, 3.63) is 60.8 Å². The standard InChI is InChI=1S/C22H24N4O3S/c1-14(2)19(20(27)25-21(23)28)30-22-24-13-18(15-8-5-4-6-9-15)26(22)16-10-7-11-17(12-16)29-3/h4-14,19H,1-3H3,(H3,23,25,27,28). The summed E-state index contributed by atoms with van der Waals surface area (Å²) in [4.78, 5) is 28.3. The number of hydrogen-bond acceptors (Lipinski definition) is 5. The number of aromatic nitrogens is 2. The zero-order chi connectivity index (χ0) is 21.7. The van der Waals surface area contributed by atoms with Crippen molar-refractivity contribution in [2.75, 3.05) is 7.11 Å². The Morgan fingerprint density at radius 1 is 1.13 bits per heavy atom. The molecule has 0 fully saturated rings. The van der Waals surface area contributed by atoms with Crippen molar-refractivity contribution >= 4 is 23.7 Å². The summed E-state index contributed by atoms with van der Waals surface area (Å²) < 4.78 is 7.37. The quantitative estimate of drug-likeness (QED) is 0.561. The highest BCUT2D eigenvalue weighted by molar-refractivity contribution is 8.00. The van der Waals surface area contributed by atoms with E-state index in [0.717, 1.165) is 16.9 Å². The van der Waals surface area contributed by atoms with Crippen molar-refractivity contribution in [2.24, 2.45) is 11.7 Å². The molecule has 0 aliphatic carbocycles. The van der Waals surface area contributed by atoms with Crippen molar-refractivity contribution in [1.29, 1.82) is 0 Å². The van der Waals surface area contributed by atoms with E-state index in [-0.39, 0.29) is 5.92 Å². The monoisotopic (exact) mass is 424 g/mol. The molecule has 3 N–H and O–H groups in total. The summed E-state index contributed by atoms with van der Waals surface area (Å²) in [5.41, 5.74) is 7.86. The molecule has 0 radical (unpaired) electrons. The number of benzene rings is 2. The van der Waals surface area contributed by atoms with Gasteiger partial charge in [0.25, 0.3) is 0 Å². The second-order valence-corrected chi connectivity index (χ2v) is 8.07. The van der Waals surface area contributed by atoms with Crippen LogP contribution in [0.25, 0.3) is 16.9 Å². The minimum absolute atomic E-state index is 0.0509. The number of carbonyl (C=O) groups is 2. The van der Waals surface area contributed by atoms with E-state index in [4.69, 9.17) is 10.5 Å². The van der Waals surface area contributed by atoms with Gasteiger partial charge in [0.2, 0.25) is 5.91 Å². The third kappa shape index (κ3) is 4.83. The van der Waals surface area contributed by atoms with Crippen molar-refractivity contribution in [1.82, 2.24) is 14.9 Å². The smallest absolute Gasteiger partial charge is 0.318 e. The average Bonchev–Trinajstić information content (AvgIpc) is 3.15. The largest absolute Gasteiger partial charge is 0.497 e. The van der Waals surface area contributed by atoms with Gasteiger partial charge >= 0.3 is 6.03 Å². The van der Waals surface area contributed by atoms with Crippen LogP contribution in [0, 0.1) is 5.92 Å². The molecule has 0 spiro atoms. The van der Waals surface area contributed by atoms with Gasteiger partial charge in [0.05, 0.1) is 29.9 Å². The van der Waals surface area contributed by atoms with Crippen LogP contribution in [0.1, 0.15) is 13.8 Å². The molecule has 2 aromatic carbocycles. The zero-order valence-corrected chi connectivity index (χ0v) is 17.8. The molecule has 0 saturated carbocycles. The van der Waals surface area contributed by atoms with Crippen LogP contribution in [0.3, 0.4) is 0 Å². The molecule has 1 atom stereocenters. The first-order valence-corrected chi connectivity index (χ1v) is 10.3. The van der Waals surface area contributed by atoms with E-state index in [9.17, 15) is 9.59 Å². The number of nitrogens with zero attached hydrogens (tertiary/aromatic N) is 2. The molecule has 1 aromatic heterocycles. The van der Waals surface area contributed by atoms with E-state index in [1.807, 2.05) is 73.0 Å². The molecular formula is C22H24N4O3S. The fraction of sp³-hybridized carbons (Fsp3) is 0.227. The summed E-state index contributed by atoms with van der Waals surface area (Å²) in [6.07, 6.45) is 1.78. The van der Waals surface area contributed by atoms with Crippen molar-refractivity contribution < 1.29 is 14.3 Å². The van der Waals surface area contributed by atoms with Crippen LogP contribution in [0.15, 0.2) is 66.0 Å². The fourth-order valence-electron chi connectivity index (χ4n) is 3.03. The Hall–Kier alpha value is -3.26. The molecular weight excluding hydrogens is 400 g/mol. The number of hydrogen-bond donors (Lipinski definition) is 2. The predicted molar refractivity (Wildman–Crippen MR) is 118 cm³/mol. The van der Waals surface area contributed by atoms with Gasteiger partial charge in [-0.3, -0.25) is 14.7 Å². The lowest BCUT2D eigenvalue weighted by atomic mass is 10.1. The molecule has 3 aromatic rings. The van der Waals surface area contributed by atoms with Crippen LogP contribution in [0.5, 0.6) is 5.75 Å². The third-order valence-electron chi connectivity index (χ3n) is 4.45. The highest BCUT2D eigenvalue weighted by atomic mass is 32.2. The zero-order valence-electron chi connectivity index (χ0n) is 17.0.